The predicted octanol–water partition coefficient (Wildman–Crippen LogP) is 2.85. The van der Waals surface area contributed by atoms with E-state index >= 15 is 0 Å². The minimum Gasteiger partial charge on any atom is -0.469 e. The van der Waals surface area contributed by atoms with Crippen LogP contribution in [0.1, 0.15) is 33.0 Å². The third-order valence-electron chi connectivity index (χ3n) is 3.47. The van der Waals surface area contributed by atoms with Gasteiger partial charge in [-0.15, -0.1) is 0 Å². The third-order valence-corrected chi connectivity index (χ3v) is 3.47. The minimum absolute atomic E-state index is 0.472. The number of hydrogen-bond acceptors (Lipinski definition) is 2. The summed E-state index contributed by atoms with van der Waals surface area (Å²) in [5.41, 5.74) is 0.472. The lowest BCUT2D eigenvalue weighted by Crippen LogP contribution is -2.26. The van der Waals surface area contributed by atoms with Gasteiger partial charge < -0.3 is 9.73 Å². The van der Waals surface area contributed by atoms with Gasteiger partial charge in [-0.25, -0.2) is 0 Å². The summed E-state index contributed by atoms with van der Waals surface area (Å²) in [5, 5.41) is 3.51. The molecule has 1 aliphatic carbocycles. The van der Waals surface area contributed by atoms with Gasteiger partial charge in [-0.05, 0) is 36.4 Å². The van der Waals surface area contributed by atoms with Gasteiger partial charge in [-0.1, -0.05) is 20.8 Å². The Kier molecular flexibility index (Phi) is 2.87. The summed E-state index contributed by atoms with van der Waals surface area (Å²) in [7, 11) is 0. The fourth-order valence-corrected chi connectivity index (χ4v) is 2.23. The molecule has 0 aromatic carbocycles. The van der Waals surface area contributed by atoms with Crippen molar-refractivity contribution in [2.75, 3.05) is 6.54 Å². The molecular weight excluding hydrogens is 186 g/mol. The Hall–Kier alpha value is -0.760. The lowest BCUT2D eigenvalue weighted by atomic mass is 10.0. The summed E-state index contributed by atoms with van der Waals surface area (Å²) in [6, 6.07) is 4.65. The van der Waals surface area contributed by atoms with Gasteiger partial charge in [0.25, 0.3) is 0 Å². The molecule has 2 heteroatoms. The Morgan fingerprint density at radius 1 is 1.60 bits per heavy atom. The monoisotopic (exact) mass is 207 g/mol. The normalized spacial score (nSPS) is 29.7. The van der Waals surface area contributed by atoms with E-state index in [0.717, 1.165) is 24.6 Å². The SMILES string of the molecule is CC(C)NCC1CC1(C)Cc1ccco1. The maximum absolute atomic E-state index is 5.40. The Morgan fingerprint density at radius 2 is 2.40 bits per heavy atom. The molecule has 2 unspecified atom stereocenters. The summed E-state index contributed by atoms with van der Waals surface area (Å²) < 4.78 is 5.40. The highest BCUT2D eigenvalue weighted by Crippen LogP contribution is 2.54. The van der Waals surface area contributed by atoms with Crippen LogP contribution in [0.3, 0.4) is 0 Å². The summed E-state index contributed by atoms with van der Waals surface area (Å²) in [4.78, 5) is 0. The van der Waals surface area contributed by atoms with E-state index in [1.807, 2.05) is 6.07 Å². The number of hydrogen-bond donors (Lipinski definition) is 1. The first-order valence-corrected chi connectivity index (χ1v) is 5.86. The Balaban J connectivity index is 1.80. The topological polar surface area (TPSA) is 25.2 Å². The molecule has 1 saturated carbocycles. The van der Waals surface area contributed by atoms with Crippen molar-refractivity contribution in [3.8, 4) is 0 Å². The molecule has 2 nitrogen and oxygen atoms in total. The molecule has 2 rings (SSSR count). The van der Waals surface area contributed by atoms with Gasteiger partial charge in [0.15, 0.2) is 0 Å². The molecule has 15 heavy (non-hydrogen) atoms. The molecular formula is C13H21NO. The summed E-state index contributed by atoms with van der Waals surface area (Å²) >= 11 is 0. The van der Waals surface area contributed by atoms with Crippen molar-refractivity contribution in [1.29, 1.82) is 0 Å². The fourth-order valence-electron chi connectivity index (χ4n) is 2.23. The van der Waals surface area contributed by atoms with Crippen molar-refractivity contribution < 1.29 is 4.42 Å². The highest BCUT2D eigenvalue weighted by Gasteiger charge is 2.49. The van der Waals surface area contributed by atoms with E-state index in [9.17, 15) is 0 Å². The number of rotatable bonds is 5. The van der Waals surface area contributed by atoms with Gasteiger partial charge in [-0.3, -0.25) is 0 Å². The molecule has 1 aliphatic rings. The van der Waals surface area contributed by atoms with Crippen molar-refractivity contribution in [3.05, 3.63) is 24.2 Å². The van der Waals surface area contributed by atoms with Crippen LogP contribution in [0.4, 0.5) is 0 Å². The summed E-state index contributed by atoms with van der Waals surface area (Å²) in [6.07, 6.45) is 4.18. The summed E-state index contributed by atoms with van der Waals surface area (Å²) in [6.45, 7) is 7.91. The highest BCUT2D eigenvalue weighted by molar-refractivity contribution is 5.09. The largest absolute Gasteiger partial charge is 0.469 e. The van der Waals surface area contributed by atoms with Gasteiger partial charge in [0.1, 0.15) is 5.76 Å². The standard InChI is InChI=1S/C13H21NO/c1-10(2)14-9-11-7-13(11,3)8-12-5-4-6-15-12/h4-6,10-11,14H,7-9H2,1-3H3. The molecule has 0 amide bonds. The predicted molar refractivity (Wildman–Crippen MR) is 61.8 cm³/mol. The van der Waals surface area contributed by atoms with Crippen LogP contribution in [-0.4, -0.2) is 12.6 Å². The van der Waals surface area contributed by atoms with Crippen LogP contribution in [0.25, 0.3) is 0 Å². The zero-order valence-electron chi connectivity index (χ0n) is 9.92. The van der Waals surface area contributed by atoms with Crippen LogP contribution in [0.2, 0.25) is 0 Å². The molecule has 84 valence electrons. The zero-order valence-corrected chi connectivity index (χ0v) is 9.92. The lowest BCUT2D eigenvalue weighted by Gasteiger charge is -2.11. The van der Waals surface area contributed by atoms with Crippen LogP contribution < -0.4 is 5.32 Å². The quantitative estimate of drug-likeness (QED) is 0.803. The first-order valence-electron chi connectivity index (χ1n) is 5.86. The van der Waals surface area contributed by atoms with Crippen LogP contribution in [0, 0.1) is 11.3 Å². The number of nitrogens with one attached hydrogen (secondary N) is 1. The van der Waals surface area contributed by atoms with Crippen molar-refractivity contribution in [2.45, 2.75) is 39.7 Å². The lowest BCUT2D eigenvalue weighted by molar-refractivity contribution is 0.408. The van der Waals surface area contributed by atoms with E-state index in [1.165, 1.54) is 6.42 Å². The average Bonchev–Trinajstić information content (AvgIpc) is 2.61. The molecule has 0 spiro atoms. The van der Waals surface area contributed by atoms with Gasteiger partial charge in [-0.2, -0.15) is 0 Å². The molecule has 1 fully saturated rings. The van der Waals surface area contributed by atoms with Gasteiger partial charge in [0.05, 0.1) is 6.26 Å². The molecule has 1 heterocycles. The van der Waals surface area contributed by atoms with Crippen molar-refractivity contribution in [2.24, 2.45) is 11.3 Å². The third kappa shape index (κ3) is 2.63. The summed E-state index contributed by atoms with van der Waals surface area (Å²) in [5.74, 6) is 1.95. The Bertz CT molecular complexity index is 304. The smallest absolute Gasteiger partial charge is 0.104 e. The molecule has 0 saturated heterocycles. The first kappa shape index (κ1) is 10.7. The minimum atomic E-state index is 0.472. The van der Waals surface area contributed by atoms with Crippen molar-refractivity contribution >= 4 is 0 Å². The molecule has 0 radical (unpaired) electrons. The second kappa shape index (κ2) is 4.01. The zero-order chi connectivity index (χ0) is 10.9. The highest BCUT2D eigenvalue weighted by atomic mass is 16.3. The van der Waals surface area contributed by atoms with Gasteiger partial charge in [0.2, 0.25) is 0 Å². The van der Waals surface area contributed by atoms with Gasteiger partial charge in [0, 0.05) is 12.5 Å². The van der Waals surface area contributed by atoms with E-state index in [2.05, 4.69) is 32.2 Å². The van der Waals surface area contributed by atoms with E-state index in [1.54, 1.807) is 6.26 Å². The Morgan fingerprint density at radius 3 is 3.00 bits per heavy atom. The van der Waals surface area contributed by atoms with E-state index in [0.29, 0.717) is 11.5 Å². The first-order chi connectivity index (χ1) is 7.10. The van der Waals surface area contributed by atoms with E-state index in [-0.39, 0.29) is 0 Å². The Labute approximate surface area is 92.1 Å². The molecule has 1 N–H and O–H groups in total. The second-order valence-corrected chi connectivity index (χ2v) is 5.37. The maximum atomic E-state index is 5.40. The fraction of sp³-hybridized carbons (Fsp3) is 0.692. The van der Waals surface area contributed by atoms with Crippen LogP contribution in [-0.2, 0) is 6.42 Å². The molecule has 0 aliphatic heterocycles. The number of furan rings is 1. The second-order valence-electron chi connectivity index (χ2n) is 5.37. The van der Waals surface area contributed by atoms with E-state index in [4.69, 9.17) is 4.42 Å². The van der Waals surface area contributed by atoms with Crippen molar-refractivity contribution in [3.63, 3.8) is 0 Å². The molecule has 1 aromatic rings. The van der Waals surface area contributed by atoms with E-state index < -0.39 is 0 Å². The van der Waals surface area contributed by atoms with Crippen molar-refractivity contribution in [1.82, 2.24) is 5.32 Å². The molecule has 2 atom stereocenters. The molecule has 0 bridgehead atoms. The van der Waals surface area contributed by atoms with Gasteiger partial charge >= 0.3 is 0 Å². The van der Waals surface area contributed by atoms with Crippen LogP contribution in [0.15, 0.2) is 22.8 Å². The molecule has 1 aromatic heterocycles. The van der Waals surface area contributed by atoms with Crippen LogP contribution >= 0.6 is 0 Å². The average molecular weight is 207 g/mol. The maximum Gasteiger partial charge on any atom is 0.104 e. The van der Waals surface area contributed by atoms with Crippen LogP contribution in [0.5, 0.6) is 0 Å².